The van der Waals surface area contributed by atoms with Gasteiger partial charge in [0.1, 0.15) is 0 Å². The number of rotatable bonds is 8. The molecule has 0 radical (unpaired) electrons. The average molecular weight is 298 g/mol. The van der Waals surface area contributed by atoms with Gasteiger partial charge in [0.15, 0.2) is 0 Å². The van der Waals surface area contributed by atoms with Crippen molar-refractivity contribution < 1.29 is 4.79 Å². The van der Waals surface area contributed by atoms with Crippen LogP contribution in [0.4, 0.5) is 4.79 Å². The normalized spacial score (nSPS) is 29.4. The highest BCUT2D eigenvalue weighted by molar-refractivity contribution is 7.99. The molecule has 4 heteroatoms. The number of fused-ring (bicyclic) bond motifs is 1. The van der Waals surface area contributed by atoms with Crippen LogP contribution >= 0.6 is 11.8 Å². The van der Waals surface area contributed by atoms with E-state index in [0.29, 0.717) is 18.0 Å². The molecule has 20 heavy (non-hydrogen) atoms. The van der Waals surface area contributed by atoms with E-state index in [-0.39, 0.29) is 6.03 Å². The summed E-state index contributed by atoms with van der Waals surface area (Å²) >= 11 is 2.02. The van der Waals surface area contributed by atoms with Gasteiger partial charge in [0.25, 0.3) is 0 Å². The molecule has 2 aliphatic heterocycles. The van der Waals surface area contributed by atoms with E-state index in [0.717, 1.165) is 12.3 Å². The number of amides is 2. The lowest BCUT2D eigenvalue weighted by atomic mass is 9.91. The predicted molar refractivity (Wildman–Crippen MR) is 87.3 cm³/mol. The summed E-state index contributed by atoms with van der Waals surface area (Å²) in [6.45, 7) is 5.46. The lowest BCUT2D eigenvalue weighted by molar-refractivity contribution is 0.175. The van der Waals surface area contributed by atoms with Crippen molar-refractivity contribution in [1.29, 1.82) is 0 Å². The van der Waals surface area contributed by atoms with Crippen LogP contribution in [-0.2, 0) is 0 Å². The Hall–Kier alpha value is -0.380. The second-order valence-electron chi connectivity index (χ2n) is 6.24. The van der Waals surface area contributed by atoms with Crippen molar-refractivity contribution >= 4 is 17.8 Å². The maximum Gasteiger partial charge on any atom is 0.318 e. The molecule has 116 valence electrons. The molecule has 2 saturated heterocycles. The summed E-state index contributed by atoms with van der Waals surface area (Å²) in [5, 5.41) is 3.21. The summed E-state index contributed by atoms with van der Waals surface area (Å²) in [6, 6.07) is 1.06. The summed E-state index contributed by atoms with van der Waals surface area (Å²) in [7, 11) is 0. The molecule has 0 aromatic heterocycles. The number of carbonyl (C=O) groups is 1. The van der Waals surface area contributed by atoms with Crippen molar-refractivity contribution in [2.45, 2.75) is 70.9 Å². The van der Waals surface area contributed by atoms with E-state index in [4.69, 9.17) is 0 Å². The number of carbonyl (C=O) groups excluding carboxylic acids is 1. The first-order chi connectivity index (χ1) is 9.77. The fourth-order valence-corrected chi connectivity index (χ4v) is 4.95. The van der Waals surface area contributed by atoms with Crippen LogP contribution < -0.4 is 5.32 Å². The summed E-state index contributed by atoms with van der Waals surface area (Å²) in [5.41, 5.74) is 0. The highest BCUT2D eigenvalue weighted by atomic mass is 32.2. The average Bonchev–Trinajstić information content (AvgIpc) is 2.76. The molecule has 2 amide bonds. The van der Waals surface area contributed by atoms with Gasteiger partial charge in [0, 0.05) is 12.3 Å². The molecule has 2 fully saturated rings. The van der Waals surface area contributed by atoms with Crippen molar-refractivity contribution in [2.24, 2.45) is 5.92 Å². The molecule has 2 aliphatic rings. The van der Waals surface area contributed by atoms with Crippen molar-refractivity contribution in [3.05, 3.63) is 0 Å². The van der Waals surface area contributed by atoms with Gasteiger partial charge in [-0.3, -0.25) is 0 Å². The zero-order valence-electron chi connectivity index (χ0n) is 13.1. The highest BCUT2D eigenvalue weighted by Gasteiger charge is 2.45. The minimum absolute atomic E-state index is 0.194. The Balaban J connectivity index is 1.87. The van der Waals surface area contributed by atoms with Gasteiger partial charge >= 0.3 is 6.03 Å². The zero-order valence-corrected chi connectivity index (χ0v) is 13.9. The van der Waals surface area contributed by atoms with E-state index in [9.17, 15) is 4.79 Å². The van der Waals surface area contributed by atoms with Gasteiger partial charge < -0.3 is 10.2 Å². The van der Waals surface area contributed by atoms with Crippen molar-refractivity contribution in [2.75, 3.05) is 18.1 Å². The molecular formula is C16H30N2OS. The van der Waals surface area contributed by atoms with E-state index in [1.54, 1.807) is 0 Å². The molecule has 0 bridgehead atoms. The summed E-state index contributed by atoms with van der Waals surface area (Å²) in [6.07, 6.45) is 8.85. The summed E-state index contributed by atoms with van der Waals surface area (Å²) in [4.78, 5) is 14.4. The van der Waals surface area contributed by atoms with Crippen LogP contribution in [0.1, 0.15) is 58.8 Å². The van der Waals surface area contributed by atoms with Gasteiger partial charge in [-0.15, -0.1) is 0 Å². The van der Waals surface area contributed by atoms with Crippen LogP contribution in [0.5, 0.6) is 0 Å². The van der Waals surface area contributed by atoms with Gasteiger partial charge in [-0.1, -0.05) is 46.0 Å². The third-order valence-corrected chi connectivity index (χ3v) is 5.87. The number of urea groups is 1. The van der Waals surface area contributed by atoms with Gasteiger partial charge in [-0.05, 0) is 24.5 Å². The van der Waals surface area contributed by atoms with Crippen molar-refractivity contribution in [1.82, 2.24) is 10.2 Å². The van der Waals surface area contributed by atoms with E-state index in [2.05, 4.69) is 24.1 Å². The standard InChI is InChI=1S/C16H30N2OS/c1-3-5-6-7-8-10-18-15-13(9-4-2)11-20-12-14(15)17-16(18)19/h13-15H,3-12H2,1-2H3,(H,17,19)/t13-,14?,15?/m1/s1. The lowest BCUT2D eigenvalue weighted by Gasteiger charge is -2.37. The number of hydrogen-bond donors (Lipinski definition) is 1. The summed E-state index contributed by atoms with van der Waals surface area (Å²) < 4.78 is 0. The number of thioether (sulfide) groups is 1. The Morgan fingerprint density at radius 2 is 1.95 bits per heavy atom. The molecule has 0 saturated carbocycles. The topological polar surface area (TPSA) is 32.3 Å². The second kappa shape index (κ2) is 8.16. The molecule has 3 nitrogen and oxygen atoms in total. The first kappa shape index (κ1) is 16.0. The van der Waals surface area contributed by atoms with Crippen LogP contribution in [0.2, 0.25) is 0 Å². The summed E-state index contributed by atoms with van der Waals surface area (Å²) in [5.74, 6) is 3.03. The Morgan fingerprint density at radius 3 is 2.70 bits per heavy atom. The smallest absolute Gasteiger partial charge is 0.318 e. The number of hydrogen-bond acceptors (Lipinski definition) is 2. The maximum atomic E-state index is 12.2. The SMILES string of the molecule is CCCCCCCN1C(=O)NC2CSC[C@@H](CCC)C21. The second-order valence-corrected chi connectivity index (χ2v) is 7.32. The van der Waals surface area contributed by atoms with E-state index < -0.39 is 0 Å². The monoisotopic (exact) mass is 298 g/mol. The Labute approximate surface area is 128 Å². The number of nitrogens with one attached hydrogen (secondary N) is 1. The third kappa shape index (κ3) is 3.84. The van der Waals surface area contributed by atoms with Gasteiger partial charge in [0.2, 0.25) is 0 Å². The number of unbranched alkanes of at least 4 members (excludes halogenated alkanes) is 4. The highest BCUT2D eigenvalue weighted by Crippen LogP contribution is 2.34. The maximum absolute atomic E-state index is 12.2. The molecule has 2 heterocycles. The Bertz CT molecular complexity index is 309. The molecule has 0 aromatic rings. The van der Waals surface area contributed by atoms with Gasteiger partial charge in [-0.25, -0.2) is 4.79 Å². The minimum atomic E-state index is 0.194. The van der Waals surface area contributed by atoms with E-state index >= 15 is 0 Å². The van der Waals surface area contributed by atoms with Crippen LogP contribution in [0, 0.1) is 5.92 Å². The minimum Gasteiger partial charge on any atom is -0.332 e. The van der Waals surface area contributed by atoms with Crippen LogP contribution in [-0.4, -0.2) is 41.1 Å². The molecule has 0 spiro atoms. The lowest BCUT2D eigenvalue weighted by Crippen LogP contribution is -2.47. The zero-order chi connectivity index (χ0) is 14.4. The Morgan fingerprint density at radius 1 is 1.15 bits per heavy atom. The van der Waals surface area contributed by atoms with Crippen LogP contribution in [0.25, 0.3) is 0 Å². The van der Waals surface area contributed by atoms with Crippen molar-refractivity contribution in [3.8, 4) is 0 Å². The van der Waals surface area contributed by atoms with E-state index in [1.807, 2.05) is 11.8 Å². The molecular weight excluding hydrogens is 268 g/mol. The predicted octanol–water partition coefficient (Wildman–Crippen LogP) is 3.88. The molecule has 1 N–H and O–H groups in total. The fourth-order valence-electron chi connectivity index (χ4n) is 3.61. The van der Waals surface area contributed by atoms with Crippen LogP contribution in [0.15, 0.2) is 0 Å². The fraction of sp³-hybridized carbons (Fsp3) is 0.938. The van der Waals surface area contributed by atoms with Gasteiger partial charge in [-0.2, -0.15) is 11.8 Å². The van der Waals surface area contributed by atoms with Gasteiger partial charge in [0.05, 0.1) is 12.1 Å². The first-order valence-electron chi connectivity index (χ1n) is 8.42. The molecule has 2 rings (SSSR count). The largest absolute Gasteiger partial charge is 0.332 e. The quantitative estimate of drug-likeness (QED) is 0.690. The third-order valence-electron chi connectivity index (χ3n) is 4.62. The number of nitrogens with zero attached hydrogens (tertiary/aromatic N) is 1. The molecule has 2 unspecified atom stereocenters. The van der Waals surface area contributed by atoms with Crippen molar-refractivity contribution in [3.63, 3.8) is 0 Å². The molecule has 0 aromatic carbocycles. The Kier molecular flexibility index (Phi) is 6.53. The van der Waals surface area contributed by atoms with Crippen LogP contribution in [0.3, 0.4) is 0 Å². The molecule has 3 atom stereocenters. The first-order valence-corrected chi connectivity index (χ1v) is 9.58. The molecule has 0 aliphatic carbocycles. The van der Waals surface area contributed by atoms with E-state index in [1.165, 1.54) is 50.7 Å².